The normalized spacial score (nSPS) is 12.2. The molecule has 164 valence electrons. The van der Waals surface area contributed by atoms with E-state index < -0.39 is 0 Å². The molecular weight excluding hydrogens is 412 g/mol. The van der Waals surface area contributed by atoms with Crippen LogP contribution >= 0.6 is 0 Å². The predicted octanol–water partition coefficient (Wildman–Crippen LogP) is 4.82. The summed E-state index contributed by atoms with van der Waals surface area (Å²) in [5, 5.41) is 5.10. The molecule has 0 spiro atoms. The van der Waals surface area contributed by atoms with Gasteiger partial charge in [0.25, 0.3) is 5.56 Å². The molecule has 2 aromatic carbocycles. The maximum Gasteiger partial charge on any atom is 0.263 e. The Hall–Kier alpha value is -4.13. The second kappa shape index (κ2) is 8.09. The average Bonchev–Trinajstić information content (AvgIpc) is 2.79. The molecule has 7 nitrogen and oxygen atoms in total. The number of aromatic nitrogens is 5. The minimum Gasteiger partial charge on any atom is -0.360 e. The van der Waals surface area contributed by atoms with Crippen LogP contribution in [0.3, 0.4) is 0 Å². The van der Waals surface area contributed by atoms with Crippen molar-refractivity contribution in [3.05, 3.63) is 93.9 Å². The van der Waals surface area contributed by atoms with Crippen molar-refractivity contribution in [1.82, 2.24) is 24.5 Å². The molecule has 1 N–H and O–H groups in total. The molecule has 1 atom stereocenters. The number of para-hydroxylation sites is 1. The topological polar surface area (TPSA) is 85.6 Å². The van der Waals surface area contributed by atoms with Crippen LogP contribution in [-0.4, -0.2) is 24.5 Å². The van der Waals surface area contributed by atoms with Gasteiger partial charge in [-0.2, -0.15) is 0 Å². The Morgan fingerprint density at radius 3 is 2.52 bits per heavy atom. The fourth-order valence-electron chi connectivity index (χ4n) is 4.20. The highest BCUT2D eigenvalue weighted by molar-refractivity contribution is 5.86. The van der Waals surface area contributed by atoms with Crippen LogP contribution in [0.15, 0.2) is 65.6 Å². The zero-order valence-electron chi connectivity index (χ0n) is 19.0. The van der Waals surface area contributed by atoms with Crippen LogP contribution in [0.2, 0.25) is 0 Å². The number of anilines is 1. The molecule has 5 rings (SSSR count). The first-order valence-electron chi connectivity index (χ1n) is 10.9. The minimum absolute atomic E-state index is 0.0420. The first-order valence-corrected chi connectivity index (χ1v) is 10.9. The molecule has 0 aliphatic heterocycles. The fourth-order valence-corrected chi connectivity index (χ4v) is 4.20. The zero-order valence-corrected chi connectivity index (χ0v) is 19.0. The van der Waals surface area contributed by atoms with E-state index in [1.807, 2.05) is 76.2 Å². The van der Waals surface area contributed by atoms with Crippen molar-refractivity contribution in [1.29, 1.82) is 0 Å². The van der Waals surface area contributed by atoms with Crippen molar-refractivity contribution in [2.45, 2.75) is 33.7 Å². The van der Waals surface area contributed by atoms with E-state index >= 15 is 0 Å². The summed E-state index contributed by atoms with van der Waals surface area (Å²) >= 11 is 0. The summed E-state index contributed by atoms with van der Waals surface area (Å²) in [7, 11) is 0. The third kappa shape index (κ3) is 3.71. The number of pyridine rings is 1. The highest BCUT2D eigenvalue weighted by Crippen LogP contribution is 2.27. The lowest BCUT2D eigenvalue weighted by molar-refractivity contribution is 0.772. The SMILES string of the molecule is Cc1cnc2c(NC(C)c3cc4cccc(C)c4c(=O)n3-c3ccccc3)nc(C)nc2n1. The highest BCUT2D eigenvalue weighted by atomic mass is 16.1. The molecular formula is C26H24N6O. The van der Waals surface area contributed by atoms with E-state index in [1.165, 1.54) is 0 Å². The number of aryl methyl sites for hydroxylation is 3. The molecule has 0 saturated carbocycles. The van der Waals surface area contributed by atoms with Gasteiger partial charge in [-0.15, -0.1) is 0 Å². The lowest BCUT2D eigenvalue weighted by atomic mass is 10.0. The van der Waals surface area contributed by atoms with Gasteiger partial charge in [0.1, 0.15) is 11.3 Å². The van der Waals surface area contributed by atoms with Gasteiger partial charge < -0.3 is 5.32 Å². The molecule has 33 heavy (non-hydrogen) atoms. The van der Waals surface area contributed by atoms with Crippen LogP contribution in [0.25, 0.3) is 27.6 Å². The first kappa shape index (κ1) is 20.8. The Morgan fingerprint density at radius 1 is 0.939 bits per heavy atom. The Bertz CT molecular complexity index is 1550. The van der Waals surface area contributed by atoms with E-state index in [2.05, 4.69) is 31.3 Å². The summed E-state index contributed by atoms with van der Waals surface area (Å²) in [6, 6.07) is 17.5. The summed E-state index contributed by atoms with van der Waals surface area (Å²) in [6.45, 7) is 7.70. The lowest BCUT2D eigenvalue weighted by Crippen LogP contribution is -2.26. The van der Waals surface area contributed by atoms with Gasteiger partial charge in [-0.3, -0.25) is 9.36 Å². The van der Waals surface area contributed by atoms with Gasteiger partial charge in [-0.05, 0) is 56.8 Å². The molecule has 0 amide bonds. The van der Waals surface area contributed by atoms with Gasteiger partial charge in [0, 0.05) is 17.6 Å². The van der Waals surface area contributed by atoms with Crippen molar-refractivity contribution in [2.24, 2.45) is 0 Å². The van der Waals surface area contributed by atoms with Gasteiger partial charge in [-0.25, -0.2) is 19.9 Å². The zero-order chi connectivity index (χ0) is 23.1. The van der Waals surface area contributed by atoms with Crippen molar-refractivity contribution in [3.8, 4) is 5.69 Å². The highest BCUT2D eigenvalue weighted by Gasteiger charge is 2.19. The lowest BCUT2D eigenvalue weighted by Gasteiger charge is -2.22. The monoisotopic (exact) mass is 436 g/mol. The van der Waals surface area contributed by atoms with E-state index in [0.717, 1.165) is 33.4 Å². The second-order valence-electron chi connectivity index (χ2n) is 8.25. The van der Waals surface area contributed by atoms with Gasteiger partial charge in [-0.1, -0.05) is 36.4 Å². The van der Waals surface area contributed by atoms with Crippen molar-refractivity contribution >= 4 is 27.8 Å². The number of rotatable bonds is 4. The Labute approximate surface area is 191 Å². The van der Waals surface area contributed by atoms with Crippen LogP contribution in [0.4, 0.5) is 5.82 Å². The Morgan fingerprint density at radius 2 is 1.73 bits per heavy atom. The molecule has 3 aromatic heterocycles. The molecule has 0 aliphatic carbocycles. The number of hydrogen-bond donors (Lipinski definition) is 1. The third-order valence-electron chi connectivity index (χ3n) is 5.73. The summed E-state index contributed by atoms with van der Waals surface area (Å²) < 4.78 is 1.78. The van der Waals surface area contributed by atoms with E-state index in [4.69, 9.17) is 0 Å². The van der Waals surface area contributed by atoms with Crippen LogP contribution in [0.1, 0.15) is 35.7 Å². The van der Waals surface area contributed by atoms with Gasteiger partial charge >= 0.3 is 0 Å². The van der Waals surface area contributed by atoms with E-state index in [1.54, 1.807) is 10.8 Å². The van der Waals surface area contributed by atoms with E-state index in [-0.39, 0.29) is 11.6 Å². The van der Waals surface area contributed by atoms with Crippen LogP contribution < -0.4 is 10.9 Å². The maximum absolute atomic E-state index is 13.7. The smallest absolute Gasteiger partial charge is 0.263 e. The van der Waals surface area contributed by atoms with Crippen molar-refractivity contribution in [2.75, 3.05) is 5.32 Å². The second-order valence-corrected chi connectivity index (χ2v) is 8.25. The summed E-state index contributed by atoms with van der Waals surface area (Å²) in [6.07, 6.45) is 1.70. The van der Waals surface area contributed by atoms with Crippen molar-refractivity contribution < 1.29 is 0 Å². The molecule has 0 saturated heterocycles. The quantitative estimate of drug-likeness (QED) is 0.435. The number of nitrogens with zero attached hydrogens (tertiary/aromatic N) is 5. The predicted molar refractivity (Wildman–Crippen MR) is 131 cm³/mol. The number of benzene rings is 2. The molecule has 1 unspecified atom stereocenters. The van der Waals surface area contributed by atoms with Crippen LogP contribution in [-0.2, 0) is 0 Å². The third-order valence-corrected chi connectivity index (χ3v) is 5.73. The number of hydrogen-bond acceptors (Lipinski definition) is 6. The molecule has 5 aromatic rings. The van der Waals surface area contributed by atoms with E-state index in [9.17, 15) is 4.79 Å². The average molecular weight is 437 g/mol. The van der Waals surface area contributed by atoms with Crippen LogP contribution in [0, 0.1) is 20.8 Å². The molecule has 0 bridgehead atoms. The standard InChI is InChI=1S/C26H24N6O/c1-15-9-8-10-19-13-21(32(26(33)22(15)19)20-11-6-5-7-12-20)17(3)29-25-23-24(30-18(4)31-25)28-16(2)14-27-23/h5-14,17H,1-4H3,(H,28,29,30,31). The molecule has 0 aliphatic rings. The molecule has 0 radical (unpaired) electrons. The Balaban J connectivity index is 1.70. The van der Waals surface area contributed by atoms with Crippen LogP contribution in [0.5, 0.6) is 0 Å². The maximum atomic E-state index is 13.7. The molecule has 7 heteroatoms. The van der Waals surface area contributed by atoms with Gasteiger partial charge in [0.2, 0.25) is 0 Å². The van der Waals surface area contributed by atoms with Crippen molar-refractivity contribution in [3.63, 3.8) is 0 Å². The Kier molecular flexibility index (Phi) is 5.09. The fraction of sp³-hybridized carbons (Fsp3) is 0.192. The summed E-state index contributed by atoms with van der Waals surface area (Å²) in [5.74, 6) is 1.19. The largest absolute Gasteiger partial charge is 0.360 e. The summed E-state index contributed by atoms with van der Waals surface area (Å²) in [5.41, 5.74) is 4.50. The molecule has 0 fully saturated rings. The van der Waals surface area contributed by atoms with E-state index in [0.29, 0.717) is 22.8 Å². The minimum atomic E-state index is -0.247. The number of fused-ring (bicyclic) bond motifs is 2. The molecule has 3 heterocycles. The van der Waals surface area contributed by atoms with Gasteiger partial charge in [0.15, 0.2) is 11.5 Å². The summed E-state index contributed by atoms with van der Waals surface area (Å²) in [4.78, 5) is 31.7. The van der Waals surface area contributed by atoms with Gasteiger partial charge in [0.05, 0.1) is 17.1 Å². The first-order chi connectivity index (χ1) is 15.9. The number of nitrogens with one attached hydrogen (secondary N) is 1.